The van der Waals surface area contributed by atoms with E-state index in [1.165, 1.54) is 16.7 Å². The highest BCUT2D eigenvalue weighted by atomic mass is 16.3. The minimum absolute atomic E-state index is 0.180. The van der Waals surface area contributed by atoms with Gasteiger partial charge in [-0.1, -0.05) is 47.6 Å². The molecule has 0 bridgehead atoms. The molecule has 2 rings (SSSR count). The van der Waals surface area contributed by atoms with Crippen molar-refractivity contribution in [2.24, 2.45) is 0 Å². The van der Waals surface area contributed by atoms with E-state index in [9.17, 15) is 10.2 Å². The quantitative estimate of drug-likeness (QED) is 0.535. The van der Waals surface area contributed by atoms with Crippen molar-refractivity contribution in [3.8, 4) is 11.5 Å². The Hall–Kier alpha value is -2.48. The number of hydrogen-bond donors (Lipinski definition) is 2. The van der Waals surface area contributed by atoms with Gasteiger partial charge in [0.15, 0.2) is 0 Å². The van der Waals surface area contributed by atoms with Gasteiger partial charge in [0.2, 0.25) is 0 Å². The van der Waals surface area contributed by atoms with Gasteiger partial charge in [0, 0.05) is 5.56 Å². The molecule has 2 N–H and O–H groups in total. The second-order valence-corrected chi connectivity index (χ2v) is 7.16. The summed E-state index contributed by atoms with van der Waals surface area (Å²) < 4.78 is 0. The van der Waals surface area contributed by atoms with Gasteiger partial charge in [0.25, 0.3) is 0 Å². The summed E-state index contributed by atoms with van der Waals surface area (Å²) in [5, 5.41) is 20.7. The predicted molar refractivity (Wildman–Crippen MR) is 110 cm³/mol. The molecular formula is C24H30O2. The van der Waals surface area contributed by atoms with E-state index in [0.29, 0.717) is 12.0 Å². The van der Waals surface area contributed by atoms with E-state index in [0.717, 1.165) is 37.7 Å². The van der Waals surface area contributed by atoms with E-state index in [-0.39, 0.29) is 11.5 Å². The van der Waals surface area contributed by atoms with Crippen LogP contribution in [0.2, 0.25) is 0 Å². The van der Waals surface area contributed by atoms with Crippen molar-refractivity contribution in [1.82, 2.24) is 0 Å². The molecule has 0 aliphatic carbocycles. The molecule has 0 spiro atoms. The fraction of sp³-hybridized carbons (Fsp3) is 0.333. The molecule has 0 unspecified atom stereocenters. The van der Waals surface area contributed by atoms with Gasteiger partial charge in [0.1, 0.15) is 11.5 Å². The van der Waals surface area contributed by atoms with Gasteiger partial charge < -0.3 is 10.2 Å². The third-order valence-corrected chi connectivity index (χ3v) is 4.64. The Morgan fingerprint density at radius 3 is 2.15 bits per heavy atom. The number of phenols is 2. The molecule has 0 aromatic heterocycles. The van der Waals surface area contributed by atoms with Crippen LogP contribution in [-0.4, -0.2) is 10.2 Å². The molecule has 0 saturated carbocycles. The highest BCUT2D eigenvalue weighted by molar-refractivity contribution is 5.48. The predicted octanol–water partition coefficient (Wildman–Crippen LogP) is 6.12. The molecule has 26 heavy (non-hydrogen) atoms. The molecule has 0 fully saturated rings. The first kappa shape index (κ1) is 19.8. The van der Waals surface area contributed by atoms with Gasteiger partial charge in [0.05, 0.1) is 0 Å². The molecule has 0 amide bonds. The fourth-order valence-electron chi connectivity index (χ4n) is 3.03. The maximum Gasteiger partial charge on any atom is 0.123 e. The van der Waals surface area contributed by atoms with Crippen molar-refractivity contribution in [3.05, 3.63) is 83.0 Å². The Kier molecular flexibility index (Phi) is 7.53. The van der Waals surface area contributed by atoms with Crippen molar-refractivity contribution < 1.29 is 10.2 Å². The summed E-state index contributed by atoms with van der Waals surface area (Å²) in [5.41, 5.74) is 5.30. The first-order valence-corrected chi connectivity index (χ1v) is 9.33. The van der Waals surface area contributed by atoms with Gasteiger partial charge in [-0.2, -0.15) is 0 Å². The smallest absolute Gasteiger partial charge is 0.123 e. The number of benzene rings is 2. The van der Waals surface area contributed by atoms with Crippen molar-refractivity contribution in [3.63, 3.8) is 0 Å². The van der Waals surface area contributed by atoms with E-state index in [1.807, 2.05) is 18.2 Å². The molecule has 0 atom stereocenters. The number of phenolic OH excluding ortho intramolecular Hbond substituents is 2. The third kappa shape index (κ3) is 6.44. The molecule has 138 valence electrons. The van der Waals surface area contributed by atoms with Crippen LogP contribution in [0.15, 0.2) is 66.3 Å². The molecule has 2 heteroatoms. The Morgan fingerprint density at radius 2 is 1.54 bits per heavy atom. The van der Waals surface area contributed by atoms with Crippen LogP contribution in [-0.2, 0) is 19.3 Å². The summed E-state index contributed by atoms with van der Waals surface area (Å²) in [6, 6.07) is 13.8. The number of rotatable bonds is 9. The lowest BCUT2D eigenvalue weighted by Crippen LogP contribution is -1.94. The van der Waals surface area contributed by atoms with E-state index in [1.54, 1.807) is 12.1 Å². The molecule has 0 radical (unpaired) electrons. The lowest BCUT2D eigenvalue weighted by molar-refractivity contribution is 0.439. The summed E-state index contributed by atoms with van der Waals surface area (Å²) in [6.07, 6.45) is 7.48. The Morgan fingerprint density at radius 1 is 0.923 bits per heavy atom. The van der Waals surface area contributed by atoms with Crippen LogP contribution in [0, 0.1) is 0 Å². The zero-order valence-electron chi connectivity index (χ0n) is 16.0. The molecule has 0 saturated heterocycles. The maximum absolute atomic E-state index is 10.3. The standard InChI is InChI=1S/C24H30O2/c1-18(2)8-7-9-19(3)12-15-22-23(25)16-21(17-24(22)26)14-13-20-10-5-4-6-11-20/h4-6,10-12,16-17,25-26H,1,7-9,13-15H2,2-3H3. The molecule has 0 heterocycles. The largest absolute Gasteiger partial charge is 0.508 e. The first-order chi connectivity index (χ1) is 12.5. The van der Waals surface area contributed by atoms with Crippen LogP contribution >= 0.6 is 0 Å². The van der Waals surface area contributed by atoms with Crippen molar-refractivity contribution in [2.75, 3.05) is 0 Å². The van der Waals surface area contributed by atoms with Crippen LogP contribution in [0.3, 0.4) is 0 Å². The average Bonchev–Trinajstić information content (AvgIpc) is 2.60. The molecule has 2 aromatic carbocycles. The van der Waals surface area contributed by atoms with Crippen LogP contribution in [0.1, 0.15) is 49.8 Å². The number of aryl methyl sites for hydroxylation is 2. The van der Waals surface area contributed by atoms with Crippen LogP contribution in [0.25, 0.3) is 0 Å². The Bertz CT molecular complexity index is 734. The van der Waals surface area contributed by atoms with E-state index < -0.39 is 0 Å². The van der Waals surface area contributed by atoms with Crippen molar-refractivity contribution in [1.29, 1.82) is 0 Å². The fourth-order valence-corrected chi connectivity index (χ4v) is 3.03. The van der Waals surface area contributed by atoms with Crippen LogP contribution < -0.4 is 0 Å². The maximum atomic E-state index is 10.3. The second kappa shape index (κ2) is 9.86. The SMILES string of the molecule is C=C(C)CCCC(C)=CCc1c(O)cc(CCc2ccccc2)cc1O. The Labute approximate surface area is 157 Å². The van der Waals surface area contributed by atoms with Crippen LogP contribution in [0.4, 0.5) is 0 Å². The van der Waals surface area contributed by atoms with Gasteiger partial charge in [-0.25, -0.2) is 0 Å². The normalized spacial score (nSPS) is 11.5. The number of hydrogen-bond acceptors (Lipinski definition) is 2. The van der Waals surface area contributed by atoms with E-state index >= 15 is 0 Å². The monoisotopic (exact) mass is 350 g/mol. The number of allylic oxidation sites excluding steroid dienone is 3. The minimum atomic E-state index is 0.180. The highest BCUT2D eigenvalue weighted by Crippen LogP contribution is 2.30. The summed E-state index contributed by atoms with van der Waals surface area (Å²) in [4.78, 5) is 0. The summed E-state index contributed by atoms with van der Waals surface area (Å²) in [6.45, 7) is 8.07. The third-order valence-electron chi connectivity index (χ3n) is 4.64. The van der Waals surface area contributed by atoms with E-state index in [4.69, 9.17) is 0 Å². The molecule has 2 nitrogen and oxygen atoms in total. The molecule has 2 aromatic rings. The summed E-state index contributed by atoms with van der Waals surface area (Å²) in [7, 11) is 0. The highest BCUT2D eigenvalue weighted by Gasteiger charge is 2.09. The zero-order chi connectivity index (χ0) is 18.9. The summed E-state index contributed by atoms with van der Waals surface area (Å²) in [5.74, 6) is 0.359. The van der Waals surface area contributed by atoms with Gasteiger partial charge in [-0.3, -0.25) is 0 Å². The average molecular weight is 351 g/mol. The Balaban J connectivity index is 1.96. The van der Waals surface area contributed by atoms with Gasteiger partial charge >= 0.3 is 0 Å². The topological polar surface area (TPSA) is 40.5 Å². The lowest BCUT2D eigenvalue weighted by atomic mass is 9.99. The van der Waals surface area contributed by atoms with Gasteiger partial charge in [-0.05, 0) is 75.6 Å². The second-order valence-electron chi connectivity index (χ2n) is 7.16. The van der Waals surface area contributed by atoms with E-state index in [2.05, 4.69) is 38.6 Å². The minimum Gasteiger partial charge on any atom is -0.508 e. The first-order valence-electron chi connectivity index (χ1n) is 9.33. The molecule has 0 aliphatic heterocycles. The molecular weight excluding hydrogens is 320 g/mol. The zero-order valence-corrected chi connectivity index (χ0v) is 16.0. The molecule has 0 aliphatic rings. The lowest BCUT2D eigenvalue weighted by Gasteiger charge is -2.10. The summed E-state index contributed by atoms with van der Waals surface area (Å²) >= 11 is 0. The van der Waals surface area contributed by atoms with Crippen molar-refractivity contribution in [2.45, 2.75) is 52.4 Å². The van der Waals surface area contributed by atoms with Gasteiger partial charge in [-0.15, -0.1) is 6.58 Å². The van der Waals surface area contributed by atoms with Crippen LogP contribution in [0.5, 0.6) is 11.5 Å². The number of aromatic hydroxyl groups is 2. The van der Waals surface area contributed by atoms with Crippen molar-refractivity contribution >= 4 is 0 Å².